The van der Waals surface area contributed by atoms with Crippen molar-refractivity contribution in [2.24, 2.45) is 0 Å². The monoisotopic (exact) mass is 372 g/mol. The maximum absolute atomic E-state index is 12.6. The Kier molecular flexibility index (Phi) is 5.39. The lowest BCUT2D eigenvalue weighted by atomic mass is 10.00. The summed E-state index contributed by atoms with van der Waals surface area (Å²) in [5.41, 5.74) is 1.21. The Morgan fingerprint density at radius 2 is 2.04 bits per heavy atom. The highest BCUT2D eigenvalue weighted by atomic mass is 32.2. The molecule has 0 aromatic heterocycles. The van der Waals surface area contributed by atoms with Crippen LogP contribution >= 0.6 is 0 Å². The number of amides is 1. The zero-order chi connectivity index (χ0) is 18.6. The fraction of sp³-hybridized carbons (Fsp3) is 0.211. The summed E-state index contributed by atoms with van der Waals surface area (Å²) in [6.07, 6.45) is 2.11. The van der Waals surface area contributed by atoms with Crippen molar-refractivity contribution in [1.82, 2.24) is 10.0 Å². The lowest BCUT2D eigenvalue weighted by Gasteiger charge is -2.26. The van der Waals surface area contributed by atoms with E-state index in [1.165, 1.54) is 18.2 Å². The van der Waals surface area contributed by atoms with Gasteiger partial charge in [-0.3, -0.25) is 4.79 Å². The molecule has 1 aliphatic rings. The number of fused-ring (bicyclic) bond motifs is 1. The van der Waals surface area contributed by atoms with Gasteiger partial charge in [0.25, 0.3) is 5.91 Å². The van der Waals surface area contributed by atoms with Crippen LogP contribution in [-0.2, 0) is 10.0 Å². The quantitative estimate of drug-likeness (QED) is 0.763. The van der Waals surface area contributed by atoms with E-state index < -0.39 is 10.0 Å². The van der Waals surface area contributed by atoms with Crippen LogP contribution in [0.5, 0.6) is 5.75 Å². The summed E-state index contributed by atoms with van der Waals surface area (Å²) in [4.78, 5) is 12.7. The van der Waals surface area contributed by atoms with E-state index in [2.05, 4.69) is 16.6 Å². The molecule has 7 heteroatoms. The molecule has 2 aromatic rings. The number of hydrogen-bond donors (Lipinski definition) is 2. The number of carbonyl (C=O) groups excluding carboxylic acids is 1. The second-order valence-corrected chi connectivity index (χ2v) is 7.64. The average Bonchev–Trinajstić information content (AvgIpc) is 2.67. The summed E-state index contributed by atoms with van der Waals surface area (Å²) >= 11 is 0. The summed E-state index contributed by atoms with van der Waals surface area (Å²) in [6, 6.07) is 13.3. The first-order chi connectivity index (χ1) is 12.5. The summed E-state index contributed by atoms with van der Waals surface area (Å²) in [5, 5.41) is 2.96. The number of rotatable bonds is 6. The predicted molar refractivity (Wildman–Crippen MR) is 98.6 cm³/mol. The summed E-state index contributed by atoms with van der Waals surface area (Å²) in [6.45, 7) is 4.12. The van der Waals surface area contributed by atoms with Gasteiger partial charge in [-0.2, -0.15) is 0 Å². The Hall–Kier alpha value is -2.64. The van der Waals surface area contributed by atoms with E-state index in [4.69, 9.17) is 4.74 Å². The molecule has 0 radical (unpaired) electrons. The molecule has 6 nitrogen and oxygen atoms in total. The Morgan fingerprint density at radius 1 is 1.23 bits per heavy atom. The molecular weight excluding hydrogens is 352 g/mol. The SMILES string of the molecule is C=CCNS(=O)(=O)c1cccc(C(=O)N[C@@H]2CCOc3ccccc32)c1. The predicted octanol–water partition coefficient (Wildman–Crippen LogP) is 2.40. The molecule has 2 N–H and O–H groups in total. The first-order valence-electron chi connectivity index (χ1n) is 8.24. The minimum atomic E-state index is -3.68. The van der Waals surface area contributed by atoms with Crippen molar-refractivity contribution in [1.29, 1.82) is 0 Å². The van der Waals surface area contributed by atoms with Gasteiger partial charge in [0.2, 0.25) is 10.0 Å². The first kappa shape index (κ1) is 18.2. The van der Waals surface area contributed by atoms with Gasteiger partial charge < -0.3 is 10.1 Å². The highest BCUT2D eigenvalue weighted by Crippen LogP contribution is 2.31. The van der Waals surface area contributed by atoms with Crippen molar-refractivity contribution in [3.8, 4) is 5.75 Å². The fourth-order valence-electron chi connectivity index (χ4n) is 2.79. The number of carbonyl (C=O) groups is 1. The normalized spacial score (nSPS) is 16.2. The van der Waals surface area contributed by atoms with Gasteiger partial charge in [0.05, 0.1) is 17.5 Å². The van der Waals surface area contributed by atoms with E-state index >= 15 is 0 Å². The van der Waals surface area contributed by atoms with E-state index in [1.807, 2.05) is 24.3 Å². The fourth-order valence-corrected chi connectivity index (χ4v) is 3.83. The third-order valence-electron chi connectivity index (χ3n) is 4.09. The van der Waals surface area contributed by atoms with Crippen LogP contribution in [0.25, 0.3) is 0 Å². The van der Waals surface area contributed by atoms with Crippen LogP contribution in [0.1, 0.15) is 28.4 Å². The average molecular weight is 372 g/mol. The van der Waals surface area contributed by atoms with Gasteiger partial charge in [-0.05, 0) is 24.3 Å². The number of para-hydroxylation sites is 1. The highest BCUT2D eigenvalue weighted by Gasteiger charge is 2.23. The molecule has 1 atom stereocenters. The smallest absolute Gasteiger partial charge is 0.251 e. The zero-order valence-corrected chi connectivity index (χ0v) is 15.0. The third kappa shape index (κ3) is 3.95. The van der Waals surface area contributed by atoms with Gasteiger partial charge in [-0.1, -0.05) is 30.3 Å². The van der Waals surface area contributed by atoms with Crippen molar-refractivity contribution >= 4 is 15.9 Å². The van der Waals surface area contributed by atoms with Crippen molar-refractivity contribution in [2.75, 3.05) is 13.2 Å². The molecule has 26 heavy (non-hydrogen) atoms. The van der Waals surface area contributed by atoms with Crippen molar-refractivity contribution in [3.63, 3.8) is 0 Å². The van der Waals surface area contributed by atoms with Crippen molar-refractivity contribution in [2.45, 2.75) is 17.4 Å². The third-order valence-corrected chi connectivity index (χ3v) is 5.51. The van der Waals surface area contributed by atoms with Crippen LogP contribution < -0.4 is 14.8 Å². The largest absolute Gasteiger partial charge is 0.493 e. The van der Waals surface area contributed by atoms with Gasteiger partial charge in [-0.15, -0.1) is 6.58 Å². The number of hydrogen-bond acceptors (Lipinski definition) is 4. The second-order valence-electron chi connectivity index (χ2n) is 5.87. The van der Waals surface area contributed by atoms with Crippen LogP contribution in [0, 0.1) is 0 Å². The Bertz CT molecular complexity index is 925. The number of nitrogens with one attached hydrogen (secondary N) is 2. The van der Waals surface area contributed by atoms with Gasteiger partial charge >= 0.3 is 0 Å². The van der Waals surface area contributed by atoms with Gasteiger partial charge in [-0.25, -0.2) is 13.1 Å². The summed E-state index contributed by atoms with van der Waals surface area (Å²) < 4.78 is 32.4. The minimum absolute atomic E-state index is 0.0411. The standard InChI is InChI=1S/C19H20N2O4S/c1-2-11-20-26(23,24)15-7-5-6-14(13-15)19(22)21-17-10-12-25-18-9-4-3-8-16(17)18/h2-9,13,17,20H,1,10-12H2,(H,21,22)/t17-/m1/s1. The molecule has 1 aliphatic heterocycles. The van der Waals surface area contributed by atoms with Crippen LogP contribution in [-0.4, -0.2) is 27.5 Å². The van der Waals surface area contributed by atoms with Crippen LogP contribution in [0.3, 0.4) is 0 Å². The molecule has 136 valence electrons. The molecule has 0 fully saturated rings. The summed E-state index contributed by atoms with van der Waals surface area (Å²) in [5.74, 6) is 0.432. The lowest BCUT2D eigenvalue weighted by Crippen LogP contribution is -2.32. The molecule has 0 unspecified atom stereocenters. The molecule has 0 saturated carbocycles. The molecule has 1 amide bonds. The Balaban J connectivity index is 1.79. The van der Waals surface area contributed by atoms with Gasteiger partial charge in [0, 0.05) is 24.1 Å². The van der Waals surface area contributed by atoms with Crippen LogP contribution in [0.15, 0.2) is 66.1 Å². The van der Waals surface area contributed by atoms with Crippen LogP contribution in [0.2, 0.25) is 0 Å². The van der Waals surface area contributed by atoms with E-state index in [0.717, 1.165) is 11.3 Å². The minimum Gasteiger partial charge on any atom is -0.493 e. The molecule has 0 aliphatic carbocycles. The molecule has 3 rings (SSSR count). The summed E-state index contributed by atoms with van der Waals surface area (Å²) in [7, 11) is -3.68. The number of ether oxygens (including phenoxy) is 1. The molecular formula is C19H20N2O4S. The second kappa shape index (κ2) is 7.72. The number of sulfonamides is 1. The number of benzene rings is 2. The molecule has 0 spiro atoms. The van der Waals surface area contributed by atoms with Crippen molar-refractivity contribution in [3.05, 3.63) is 72.3 Å². The molecule has 1 heterocycles. The molecule has 0 bridgehead atoms. The van der Waals surface area contributed by atoms with E-state index in [0.29, 0.717) is 13.0 Å². The van der Waals surface area contributed by atoms with E-state index in [1.54, 1.807) is 12.1 Å². The highest BCUT2D eigenvalue weighted by molar-refractivity contribution is 7.89. The van der Waals surface area contributed by atoms with Gasteiger partial charge in [0.15, 0.2) is 0 Å². The van der Waals surface area contributed by atoms with Gasteiger partial charge in [0.1, 0.15) is 5.75 Å². The first-order valence-corrected chi connectivity index (χ1v) is 9.73. The molecule has 0 saturated heterocycles. The van der Waals surface area contributed by atoms with E-state index in [-0.39, 0.29) is 29.0 Å². The van der Waals surface area contributed by atoms with Crippen LogP contribution in [0.4, 0.5) is 0 Å². The zero-order valence-electron chi connectivity index (χ0n) is 14.1. The Morgan fingerprint density at radius 3 is 2.85 bits per heavy atom. The van der Waals surface area contributed by atoms with E-state index in [9.17, 15) is 13.2 Å². The maximum atomic E-state index is 12.6. The lowest BCUT2D eigenvalue weighted by molar-refractivity contribution is 0.0924. The topological polar surface area (TPSA) is 84.5 Å². The Labute approximate surface area is 152 Å². The maximum Gasteiger partial charge on any atom is 0.251 e. The molecule has 2 aromatic carbocycles. The van der Waals surface area contributed by atoms with Crippen molar-refractivity contribution < 1.29 is 17.9 Å².